The van der Waals surface area contributed by atoms with E-state index in [0.29, 0.717) is 24.7 Å². The Morgan fingerprint density at radius 3 is 2.44 bits per heavy atom. The number of hydrogen-bond donors (Lipinski definition) is 3. The summed E-state index contributed by atoms with van der Waals surface area (Å²) >= 11 is 0. The number of rotatable bonds is 9. The number of carbonyl (C=O) groups excluding carboxylic acids is 5. The zero-order chi connectivity index (χ0) is 38.0. The minimum Gasteiger partial charge on any atom is -0.404 e. The Kier molecular flexibility index (Phi) is 8.44. The molecule has 4 fully saturated rings. The van der Waals surface area contributed by atoms with E-state index < -0.39 is 35.3 Å². The van der Waals surface area contributed by atoms with Gasteiger partial charge in [-0.2, -0.15) is 5.10 Å². The maximum absolute atomic E-state index is 16.0. The van der Waals surface area contributed by atoms with Crippen LogP contribution in [0.5, 0.6) is 0 Å². The predicted molar refractivity (Wildman–Crippen MR) is 198 cm³/mol. The van der Waals surface area contributed by atoms with Gasteiger partial charge in [0.2, 0.25) is 11.8 Å². The molecule has 6 heterocycles. The van der Waals surface area contributed by atoms with Crippen molar-refractivity contribution in [2.45, 2.75) is 62.2 Å². The summed E-state index contributed by atoms with van der Waals surface area (Å²) < 4.78 is 18.0. The first-order valence-electron chi connectivity index (χ1n) is 18.6. The number of aromatic nitrogens is 4. The van der Waals surface area contributed by atoms with E-state index in [9.17, 15) is 24.0 Å². The van der Waals surface area contributed by atoms with Crippen LogP contribution < -0.4 is 21.3 Å². The number of nitrogens with one attached hydrogen (secondary N) is 2. The van der Waals surface area contributed by atoms with Crippen LogP contribution in [0.4, 0.5) is 15.8 Å². The van der Waals surface area contributed by atoms with Crippen molar-refractivity contribution in [1.82, 2.24) is 34.9 Å². The van der Waals surface area contributed by atoms with Crippen LogP contribution in [0.15, 0.2) is 61.2 Å². The average molecular weight is 747 g/mol. The molecule has 1 saturated carbocycles. The third kappa shape index (κ3) is 6.39. The molecule has 0 radical (unpaired) electrons. The van der Waals surface area contributed by atoms with Crippen molar-refractivity contribution < 1.29 is 28.4 Å². The van der Waals surface area contributed by atoms with Gasteiger partial charge >= 0.3 is 0 Å². The van der Waals surface area contributed by atoms with Crippen molar-refractivity contribution in [3.8, 4) is 0 Å². The minimum atomic E-state index is -1.43. The van der Waals surface area contributed by atoms with Crippen molar-refractivity contribution in [1.29, 1.82) is 0 Å². The molecule has 282 valence electrons. The van der Waals surface area contributed by atoms with Crippen LogP contribution in [0.2, 0.25) is 0 Å². The molecular formula is C39H39FN10O5. The van der Waals surface area contributed by atoms with Gasteiger partial charge in [0.15, 0.2) is 11.5 Å². The molecule has 4 N–H and O–H groups in total. The van der Waals surface area contributed by atoms with Gasteiger partial charge in [-0.15, -0.1) is 0 Å². The van der Waals surface area contributed by atoms with Gasteiger partial charge < -0.3 is 16.0 Å². The number of likely N-dealkylation sites (tertiary alicyclic amines) is 1. The molecule has 4 aromatic rings. The molecule has 0 bridgehead atoms. The Morgan fingerprint density at radius 2 is 1.73 bits per heavy atom. The number of imide groups is 2. The molecule has 2 aromatic heterocycles. The minimum absolute atomic E-state index is 0.0473. The van der Waals surface area contributed by atoms with Gasteiger partial charge in [0.1, 0.15) is 6.04 Å². The van der Waals surface area contributed by atoms with Crippen molar-refractivity contribution in [3.63, 3.8) is 0 Å². The number of fused-ring (bicyclic) bond motifs is 2. The van der Waals surface area contributed by atoms with E-state index in [-0.39, 0.29) is 66.9 Å². The summed E-state index contributed by atoms with van der Waals surface area (Å²) in [6, 6.07) is 9.67. The quantitative estimate of drug-likeness (QED) is 0.169. The lowest BCUT2D eigenvalue weighted by molar-refractivity contribution is -0.136. The molecule has 16 heteroatoms. The molecule has 1 aliphatic carbocycles. The van der Waals surface area contributed by atoms with E-state index in [4.69, 9.17) is 10.8 Å². The zero-order valence-corrected chi connectivity index (χ0v) is 29.9. The summed E-state index contributed by atoms with van der Waals surface area (Å²) in [5.74, 6) is -2.02. The maximum Gasteiger partial charge on any atom is 0.262 e. The van der Waals surface area contributed by atoms with Gasteiger partial charge in [0.05, 0.1) is 41.3 Å². The van der Waals surface area contributed by atoms with Crippen molar-refractivity contribution in [2.24, 2.45) is 5.73 Å². The smallest absolute Gasteiger partial charge is 0.262 e. The van der Waals surface area contributed by atoms with Gasteiger partial charge in [-0.25, -0.2) is 14.4 Å². The fourth-order valence-corrected chi connectivity index (χ4v) is 8.33. The van der Waals surface area contributed by atoms with E-state index in [2.05, 4.69) is 31.6 Å². The Hall–Kier alpha value is -6.03. The summed E-state index contributed by atoms with van der Waals surface area (Å²) in [4.78, 5) is 76.9. The molecule has 55 heavy (non-hydrogen) atoms. The van der Waals surface area contributed by atoms with E-state index in [1.54, 1.807) is 36.7 Å². The normalized spacial score (nSPS) is 21.8. The van der Waals surface area contributed by atoms with Gasteiger partial charge in [-0.3, -0.25) is 43.8 Å². The Bertz CT molecular complexity index is 2290. The first-order chi connectivity index (χ1) is 26.6. The molecule has 3 saturated heterocycles. The number of carbonyl (C=O) groups is 5. The van der Waals surface area contributed by atoms with E-state index in [0.717, 1.165) is 52.7 Å². The van der Waals surface area contributed by atoms with Gasteiger partial charge in [0.25, 0.3) is 17.7 Å². The van der Waals surface area contributed by atoms with Gasteiger partial charge in [-0.1, -0.05) is 0 Å². The number of piperidine rings is 2. The highest BCUT2D eigenvalue weighted by Crippen LogP contribution is 2.45. The summed E-state index contributed by atoms with van der Waals surface area (Å²) in [5.41, 5.74) is 8.20. The van der Waals surface area contributed by atoms with Crippen molar-refractivity contribution in [3.05, 3.63) is 83.7 Å². The molecule has 5 amide bonds. The topological polar surface area (TPSA) is 189 Å². The van der Waals surface area contributed by atoms with Crippen molar-refractivity contribution in [2.75, 3.05) is 42.9 Å². The zero-order valence-electron chi connectivity index (χ0n) is 29.9. The third-order valence-corrected chi connectivity index (χ3v) is 11.4. The first-order valence-corrected chi connectivity index (χ1v) is 18.6. The van der Waals surface area contributed by atoms with Crippen LogP contribution in [-0.4, -0.2) is 104 Å². The van der Waals surface area contributed by atoms with E-state index >= 15 is 4.39 Å². The first kappa shape index (κ1) is 34.7. The second-order valence-electron chi connectivity index (χ2n) is 15.2. The Morgan fingerprint density at radius 1 is 0.982 bits per heavy atom. The van der Waals surface area contributed by atoms with Crippen LogP contribution in [0.25, 0.3) is 16.5 Å². The highest BCUT2D eigenvalue weighted by atomic mass is 19.1. The fourth-order valence-electron chi connectivity index (χ4n) is 8.33. The van der Waals surface area contributed by atoms with Crippen molar-refractivity contribution >= 4 is 57.4 Å². The number of benzene rings is 2. The SMILES string of the molecule is N/C=C(/C(=O)Nc1cc2cn(C3CCN(CC4(F)CN(c5ccc6c(c5)C(=O)N(C5CCC(=O)NC5=O)C6=O)C4)CC3)nc2cc1C1CC1)c1ncccn1. The molecule has 1 unspecified atom stereocenters. The molecule has 1 atom stereocenters. The standard InChI is InChI=1S/C39H39FN10O5/c40-39(20-48(21-39)25-4-5-26-28(15-25)38(55)50(37(26)54)32-6-7-33(51)45-36(32)53)19-47-12-8-24(9-13-47)49-18-23-14-31(27(22-2-3-22)16-30(23)46-49)44-35(52)29(17-41)34-42-10-1-11-43-34/h1,4-5,10-11,14-18,22,24,32H,2-3,6-9,12-13,19-21,41H2,(H,44,52)(H,45,51,53)/b29-17+. The lowest BCUT2D eigenvalue weighted by Gasteiger charge is -2.48. The lowest BCUT2D eigenvalue weighted by Crippen LogP contribution is -2.64. The molecule has 2 aromatic carbocycles. The number of halogens is 1. The molecule has 0 spiro atoms. The monoisotopic (exact) mass is 746 g/mol. The number of nitrogens with zero attached hydrogens (tertiary/aromatic N) is 7. The van der Waals surface area contributed by atoms with Crippen LogP contribution in [0.3, 0.4) is 0 Å². The molecule has 15 nitrogen and oxygen atoms in total. The van der Waals surface area contributed by atoms with Crippen LogP contribution >= 0.6 is 0 Å². The maximum atomic E-state index is 16.0. The largest absolute Gasteiger partial charge is 0.404 e. The highest BCUT2D eigenvalue weighted by Gasteiger charge is 2.48. The second-order valence-corrected chi connectivity index (χ2v) is 15.2. The number of nitrogens with two attached hydrogens (primary N) is 1. The highest BCUT2D eigenvalue weighted by molar-refractivity contribution is 6.25. The van der Waals surface area contributed by atoms with Crippen LogP contribution in [0, 0.1) is 0 Å². The van der Waals surface area contributed by atoms with Crippen LogP contribution in [0.1, 0.15) is 82.6 Å². The fraction of sp³-hybridized carbons (Fsp3) is 0.385. The summed E-state index contributed by atoms with van der Waals surface area (Å²) in [6.07, 6.45) is 10.2. The van der Waals surface area contributed by atoms with Crippen LogP contribution in [-0.2, 0) is 14.4 Å². The van der Waals surface area contributed by atoms with E-state index in [1.807, 2.05) is 21.8 Å². The molecule has 5 aliphatic rings. The predicted octanol–water partition coefficient (Wildman–Crippen LogP) is 2.91. The lowest BCUT2D eigenvalue weighted by atomic mass is 9.92. The summed E-state index contributed by atoms with van der Waals surface area (Å²) in [5, 5.41) is 11.1. The number of hydrogen-bond acceptors (Lipinski definition) is 11. The Labute approximate surface area is 314 Å². The second kappa shape index (κ2) is 13.4. The van der Waals surface area contributed by atoms with E-state index in [1.165, 1.54) is 6.20 Å². The van der Waals surface area contributed by atoms with Gasteiger partial charge in [-0.05, 0) is 80.0 Å². The molecule has 4 aliphatic heterocycles. The summed E-state index contributed by atoms with van der Waals surface area (Å²) in [7, 11) is 0. The number of anilines is 2. The van der Waals surface area contributed by atoms with Gasteiger partial charge in [0, 0.05) is 67.6 Å². The third-order valence-electron chi connectivity index (χ3n) is 11.4. The summed E-state index contributed by atoms with van der Waals surface area (Å²) in [6.45, 7) is 2.01. The number of amides is 5. The Balaban J connectivity index is 0.814. The molecular weight excluding hydrogens is 707 g/mol. The number of alkyl halides is 1. The average Bonchev–Trinajstić information content (AvgIpc) is 3.88. The molecule has 9 rings (SSSR count).